The van der Waals surface area contributed by atoms with Crippen molar-refractivity contribution in [2.24, 2.45) is 0 Å². The summed E-state index contributed by atoms with van der Waals surface area (Å²) in [5.41, 5.74) is 6.45. The predicted molar refractivity (Wildman–Crippen MR) is 64.8 cm³/mol. The van der Waals surface area contributed by atoms with Crippen molar-refractivity contribution in [1.29, 1.82) is 0 Å². The van der Waals surface area contributed by atoms with E-state index in [0.29, 0.717) is 22.4 Å². The highest BCUT2D eigenvalue weighted by Crippen LogP contribution is 2.25. The average molecular weight is 294 g/mol. The number of nitrogen functional groups attached to an aromatic ring is 1. The maximum Gasteiger partial charge on any atom is 0.299 e. The lowest BCUT2D eigenvalue weighted by atomic mass is 10.3. The van der Waals surface area contributed by atoms with Crippen molar-refractivity contribution in [3.63, 3.8) is 0 Å². The van der Waals surface area contributed by atoms with Gasteiger partial charge in [0.2, 0.25) is 0 Å². The van der Waals surface area contributed by atoms with E-state index in [1.54, 1.807) is 25.1 Å². The first-order valence-electron chi connectivity index (χ1n) is 4.27. The molecule has 0 heterocycles. The molecule has 0 amide bonds. The molecule has 15 heavy (non-hydrogen) atoms. The zero-order valence-corrected chi connectivity index (χ0v) is 10.5. The summed E-state index contributed by atoms with van der Waals surface area (Å²) in [6.45, 7) is 2.03. The van der Waals surface area contributed by atoms with Crippen molar-refractivity contribution in [3.8, 4) is 0 Å². The fraction of sp³-hybridized carbons (Fsp3) is 0.250. The molecule has 0 saturated heterocycles. The van der Waals surface area contributed by atoms with Gasteiger partial charge in [0.1, 0.15) is 0 Å². The lowest BCUT2D eigenvalue weighted by molar-refractivity contribution is 0.589. The fourth-order valence-electron chi connectivity index (χ4n) is 0.992. The minimum atomic E-state index is -3.51. The van der Waals surface area contributed by atoms with E-state index in [1.165, 1.54) is 0 Å². The first kappa shape index (κ1) is 12.3. The fourth-order valence-corrected chi connectivity index (χ4v) is 2.38. The molecule has 1 aromatic carbocycles. The van der Waals surface area contributed by atoms with E-state index < -0.39 is 10.2 Å². The second-order valence-electron chi connectivity index (χ2n) is 2.84. The van der Waals surface area contributed by atoms with Crippen molar-refractivity contribution in [2.75, 3.05) is 17.0 Å². The molecule has 0 fully saturated rings. The molecule has 0 radical (unpaired) electrons. The smallest absolute Gasteiger partial charge is 0.299 e. The number of hydrogen-bond acceptors (Lipinski definition) is 3. The molecule has 0 aliphatic rings. The summed E-state index contributed by atoms with van der Waals surface area (Å²) in [7, 11) is -3.51. The predicted octanol–water partition coefficient (Wildman–Crippen LogP) is 1.30. The molecular weight excluding hydrogens is 282 g/mol. The maximum absolute atomic E-state index is 11.4. The normalized spacial score (nSPS) is 11.3. The third-order valence-electron chi connectivity index (χ3n) is 1.57. The monoisotopic (exact) mass is 293 g/mol. The molecule has 0 atom stereocenters. The van der Waals surface area contributed by atoms with E-state index in [2.05, 4.69) is 25.4 Å². The van der Waals surface area contributed by atoms with Crippen LogP contribution in [0.3, 0.4) is 0 Å². The first-order valence-corrected chi connectivity index (χ1v) is 6.54. The molecule has 84 valence electrons. The standard InChI is InChI=1S/C8H12BrN3O2S/c1-2-11-15(13,14)12-8-5-6(10)3-4-7(8)9/h3-5,11-12H,2,10H2,1H3. The van der Waals surface area contributed by atoms with Gasteiger partial charge in [-0.25, -0.2) is 0 Å². The van der Waals surface area contributed by atoms with E-state index in [-0.39, 0.29) is 0 Å². The van der Waals surface area contributed by atoms with Crippen LogP contribution in [-0.4, -0.2) is 15.0 Å². The van der Waals surface area contributed by atoms with Crippen LogP contribution in [0.15, 0.2) is 22.7 Å². The number of anilines is 2. The van der Waals surface area contributed by atoms with Crippen molar-refractivity contribution >= 4 is 37.5 Å². The van der Waals surface area contributed by atoms with Crippen LogP contribution in [0, 0.1) is 0 Å². The van der Waals surface area contributed by atoms with Crippen LogP contribution < -0.4 is 15.2 Å². The van der Waals surface area contributed by atoms with Crippen LogP contribution in [0.5, 0.6) is 0 Å². The summed E-state index contributed by atoms with van der Waals surface area (Å²) < 4.78 is 28.1. The van der Waals surface area contributed by atoms with Gasteiger partial charge in [0.05, 0.1) is 5.69 Å². The zero-order chi connectivity index (χ0) is 11.5. The molecular formula is C8H12BrN3O2S. The van der Waals surface area contributed by atoms with E-state index in [4.69, 9.17) is 5.73 Å². The summed E-state index contributed by atoms with van der Waals surface area (Å²) in [4.78, 5) is 0. The molecule has 1 rings (SSSR count). The van der Waals surface area contributed by atoms with E-state index in [0.717, 1.165) is 0 Å². The van der Waals surface area contributed by atoms with Gasteiger partial charge in [0.25, 0.3) is 10.2 Å². The SMILES string of the molecule is CCNS(=O)(=O)Nc1cc(N)ccc1Br. The summed E-state index contributed by atoms with van der Waals surface area (Å²) in [6, 6.07) is 4.90. The molecule has 1 aromatic rings. The molecule has 0 aliphatic carbocycles. The molecule has 0 aromatic heterocycles. The Bertz CT molecular complexity index is 447. The Hall–Kier alpha value is -0.790. The van der Waals surface area contributed by atoms with Crippen LogP contribution in [0.4, 0.5) is 11.4 Å². The molecule has 0 bridgehead atoms. The summed E-state index contributed by atoms with van der Waals surface area (Å²) in [5, 5.41) is 0. The van der Waals surface area contributed by atoms with Gasteiger partial charge >= 0.3 is 0 Å². The molecule has 7 heteroatoms. The minimum Gasteiger partial charge on any atom is -0.399 e. The van der Waals surface area contributed by atoms with Crippen molar-refractivity contribution in [2.45, 2.75) is 6.92 Å². The van der Waals surface area contributed by atoms with Gasteiger partial charge in [-0.05, 0) is 34.1 Å². The van der Waals surface area contributed by atoms with Gasteiger partial charge in [-0.15, -0.1) is 0 Å². The highest BCUT2D eigenvalue weighted by molar-refractivity contribution is 9.10. The Morgan fingerprint density at radius 2 is 2.13 bits per heavy atom. The molecule has 0 unspecified atom stereocenters. The quantitative estimate of drug-likeness (QED) is 0.732. The number of nitrogens with two attached hydrogens (primary N) is 1. The second kappa shape index (κ2) is 4.82. The second-order valence-corrected chi connectivity index (χ2v) is 5.20. The van der Waals surface area contributed by atoms with Gasteiger partial charge < -0.3 is 5.73 Å². The van der Waals surface area contributed by atoms with Crippen LogP contribution in [0.25, 0.3) is 0 Å². The van der Waals surface area contributed by atoms with Gasteiger partial charge in [-0.2, -0.15) is 13.1 Å². The summed E-state index contributed by atoms with van der Waals surface area (Å²) >= 11 is 3.22. The number of rotatable bonds is 4. The van der Waals surface area contributed by atoms with Gasteiger partial charge in [-0.3, -0.25) is 4.72 Å². The Morgan fingerprint density at radius 3 is 2.73 bits per heavy atom. The van der Waals surface area contributed by atoms with Crippen LogP contribution in [0.1, 0.15) is 6.92 Å². The zero-order valence-electron chi connectivity index (χ0n) is 8.12. The Morgan fingerprint density at radius 1 is 1.47 bits per heavy atom. The summed E-state index contributed by atoms with van der Waals surface area (Å²) in [6.07, 6.45) is 0. The Balaban J connectivity index is 2.94. The molecule has 0 saturated carbocycles. The number of hydrogen-bond donors (Lipinski definition) is 3. The minimum absolute atomic E-state index is 0.329. The lowest BCUT2D eigenvalue weighted by Crippen LogP contribution is -2.29. The van der Waals surface area contributed by atoms with Crippen LogP contribution >= 0.6 is 15.9 Å². The van der Waals surface area contributed by atoms with E-state index in [9.17, 15) is 8.42 Å². The topological polar surface area (TPSA) is 84.2 Å². The largest absolute Gasteiger partial charge is 0.399 e. The van der Waals surface area contributed by atoms with Gasteiger partial charge in [0, 0.05) is 16.7 Å². The van der Waals surface area contributed by atoms with Crippen LogP contribution in [0.2, 0.25) is 0 Å². The Kier molecular flexibility index (Phi) is 3.95. The maximum atomic E-state index is 11.4. The van der Waals surface area contributed by atoms with Crippen LogP contribution in [-0.2, 0) is 10.2 Å². The third-order valence-corrected chi connectivity index (χ3v) is 3.42. The summed E-state index contributed by atoms with van der Waals surface area (Å²) in [5.74, 6) is 0. The van der Waals surface area contributed by atoms with E-state index in [1.807, 2.05) is 0 Å². The van der Waals surface area contributed by atoms with Crippen molar-refractivity contribution in [1.82, 2.24) is 4.72 Å². The molecule has 4 N–H and O–H groups in total. The average Bonchev–Trinajstić information content (AvgIpc) is 2.10. The Labute approximate surface area is 97.4 Å². The molecule has 5 nitrogen and oxygen atoms in total. The number of nitrogens with one attached hydrogen (secondary N) is 2. The van der Waals surface area contributed by atoms with E-state index >= 15 is 0 Å². The first-order chi connectivity index (χ1) is 6.94. The third kappa shape index (κ3) is 3.69. The number of halogens is 1. The van der Waals surface area contributed by atoms with Gasteiger partial charge in [0.15, 0.2) is 0 Å². The lowest BCUT2D eigenvalue weighted by Gasteiger charge is -2.09. The van der Waals surface area contributed by atoms with Crippen molar-refractivity contribution < 1.29 is 8.42 Å². The molecule has 0 spiro atoms. The van der Waals surface area contributed by atoms with Gasteiger partial charge in [-0.1, -0.05) is 6.92 Å². The highest BCUT2D eigenvalue weighted by Gasteiger charge is 2.10. The number of benzene rings is 1. The highest BCUT2D eigenvalue weighted by atomic mass is 79.9. The molecule has 0 aliphatic heterocycles. The van der Waals surface area contributed by atoms with Crippen molar-refractivity contribution in [3.05, 3.63) is 22.7 Å².